The molecule has 2 heterocycles. The number of rotatable bonds is 42. The SMILES string of the molecule is CC/C=C\C/C=C\C/C=C\C/C=C\C/C=C\CCCCCCOCC(COC1OC(COC2OC(CO)C(O)C(O)C2O)C(O)C(O)C1O)OC(=O)CCCCCCCCC/C=C\C/C=C\CCCCC. The number of carbonyl (C=O) groups is 1. The third-order valence-electron chi connectivity index (χ3n) is 12.4. The molecule has 2 fully saturated rings. The number of unbranched alkanes of at least 4 members (excludes halogenated alkanes) is 14. The Morgan fingerprint density at radius 1 is 0.479 bits per heavy atom. The fourth-order valence-electron chi connectivity index (χ4n) is 7.99. The Hall–Kier alpha value is -2.83. The zero-order valence-corrected chi connectivity index (χ0v) is 43.4. The first-order valence-electron chi connectivity index (χ1n) is 27.2. The van der Waals surface area contributed by atoms with Crippen molar-refractivity contribution in [2.24, 2.45) is 0 Å². The molecule has 0 aromatic carbocycles. The molecule has 2 aliphatic rings. The van der Waals surface area contributed by atoms with E-state index in [1.807, 2.05) is 0 Å². The van der Waals surface area contributed by atoms with Crippen molar-refractivity contribution in [3.05, 3.63) is 85.1 Å². The molecule has 0 aromatic rings. The summed E-state index contributed by atoms with van der Waals surface area (Å²) in [4.78, 5) is 13.0. The molecular weight excluding hydrogens is 909 g/mol. The van der Waals surface area contributed by atoms with Crippen molar-refractivity contribution in [3.8, 4) is 0 Å². The molecule has 11 atom stereocenters. The van der Waals surface area contributed by atoms with Crippen molar-refractivity contribution in [3.63, 3.8) is 0 Å². The maximum atomic E-state index is 13.0. The number of esters is 1. The Morgan fingerprint density at radius 2 is 0.915 bits per heavy atom. The second kappa shape index (κ2) is 43.6. The van der Waals surface area contributed by atoms with Gasteiger partial charge in [0.25, 0.3) is 0 Å². The average Bonchev–Trinajstić information content (AvgIpc) is 3.37. The second-order valence-corrected chi connectivity index (χ2v) is 18.7. The van der Waals surface area contributed by atoms with Crippen molar-refractivity contribution >= 4 is 5.97 Å². The van der Waals surface area contributed by atoms with Gasteiger partial charge < -0.3 is 64.2 Å². The van der Waals surface area contributed by atoms with Crippen molar-refractivity contribution in [2.45, 2.75) is 235 Å². The number of aliphatic hydroxyl groups excluding tert-OH is 7. The molecule has 7 N–H and O–H groups in total. The lowest BCUT2D eigenvalue weighted by Crippen LogP contribution is -2.61. The zero-order chi connectivity index (χ0) is 51.6. The highest BCUT2D eigenvalue weighted by Crippen LogP contribution is 2.26. The molecule has 14 heteroatoms. The monoisotopic (exact) mass is 1000 g/mol. The van der Waals surface area contributed by atoms with Gasteiger partial charge in [0.05, 0.1) is 26.4 Å². The fraction of sp³-hybridized carbons (Fsp3) is 0.737. The van der Waals surface area contributed by atoms with E-state index in [9.17, 15) is 40.5 Å². The van der Waals surface area contributed by atoms with Gasteiger partial charge >= 0.3 is 5.97 Å². The minimum absolute atomic E-state index is 0.0361. The first kappa shape index (κ1) is 64.3. The van der Waals surface area contributed by atoms with Gasteiger partial charge in [-0.15, -0.1) is 0 Å². The smallest absolute Gasteiger partial charge is 0.306 e. The van der Waals surface area contributed by atoms with Crippen LogP contribution < -0.4 is 0 Å². The summed E-state index contributed by atoms with van der Waals surface area (Å²) in [5, 5.41) is 72.2. The first-order valence-corrected chi connectivity index (χ1v) is 27.2. The van der Waals surface area contributed by atoms with Gasteiger partial charge in [-0.1, -0.05) is 157 Å². The Balaban J connectivity index is 1.77. The first-order chi connectivity index (χ1) is 34.6. The third-order valence-corrected chi connectivity index (χ3v) is 12.4. The maximum Gasteiger partial charge on any atom is 0.306 e. The van der Waals surface area contributed by atoms with Gasteiger partial charge in [0.15, 0.2) is 12.6 Å². The summed E-state index contributed by atoms with van der Waals surface area (Å²) >= 11 is 0. The van der Waals surface area contributed by atoms with Crippen molar-refractivity contribution in [1.82, 2.24) is 0 Å². The molecule has 2 rings (SSSR count). The van der Waals surface area contributed by atoms with Crippen LogP contribution in [0.3, 0.4) is 0 Å². The van der Waals surface area contributed by atoms with Crippen LogP contribution in [0.15, 0.2) is 85.1 Å². The van der Waals surface area contributed by atoms with Crippen LogP contribution >= 0.6 is 0 Å². The summed E-state index contributed by atoms with van der Waals surface area (Å²) in [5.41, 5.74) is 0. The molecule has 0 saturated carbocycles. The van der Waals surface area contributed by atoms with Crippen molar-refractivity contribution < 1.29 is 69.0 Å². The van der Waals surface area contributed by atoms with E-state index in [0.717, 1.165) is 103 Å². The lowest BCUT2D eigenvalue weighted by atomic mass is 9.98. The Labute approximate surface area is 427 Å². The van der Waals surface area contributed by atoms with Gasteiger partial charge in [0, 0.05) is 13.0 Å². The molecule has 11 unspecified atom stereocenters. The standard InChI is InChI=1S/C57H96O14/c1-3-5-7-9-11-13-15-17-19-21-22-23-25-27-29-31-33-35-37-39-41-66-43-46(69-49(59)40-38-36-34-32-30-28-26-24-20-18-16-14-12-10-8-6-4-2)44-67-56-55(65)53(63)51(61)48(71-56)45-68-57-54(64)52(62)50(60)47(42-58)70-57/h5,7,11-14,17-20,22-23,27,29,46-48,50-58,60-65H,3-4,6,8-10,15-16,21,24-26,28,30-45H2,1-2H3/b7-5-,13-11-,14-12-,19-17-,20-18-,23-22-,29-27-. The topological polar surface area (TPSA) is 214 Å². The Morgan fingerprint density at radius 3 is 1.44 bits per heavy atom. The fourth-order valence-corrected chi connectivity index (χ4v) is 7.99. The molecule has 0 aliphatic carbocycles. The van der Waals surface area contributed by atoms with Crippen LogP contribution in [-0.4, -0.2) is 142 Å². The summed E-state index contributed by atoms with van der Waals surface area (Å²) in [6, 6.07) is 0. The van der Waals surface area contributed by atoms with E-state index in [-0.39, 0.29) is 19.6 Å². The summed E-state index contributed by atoms with van der Waals surface area (Å²) in [6.45, 7) is 3.46. The van der Waals surface area contributed by atoms with Crippen LogP contribution in [0.1, 0.15) is 168 Å². The number of allylic oxidation sites excluding steroid dienone is 14. The Kier molecular flexibility index (Phi) is 39.4. The van der Waals surface area contributed by atoms with Gasteiger partial charge in [-0.25, -0.2) is 0 Å². The van der Waals surface area contributed by atoms with Crippen LogP contribution in [0.2, 0.25) is 0 Å². The molecule has 0 radical (unpaired) electrons. The third kappa shape index (κ3) is 30.8. The van der Waals surface area contributed by atoms with E-state index in [4.69, 9.17) is 28.4 Å². The summed E-state index contributed by atoms with van der Waals surface area (Å²) < 4.78 is 34.3. The lowest BCUT2D eigenvalue weighted by molar-refractivity contribution is -0.332. The lowest BCUT2D eigenvalue weighted by Gasteiger charge is -2.42. The normalized spacial score (nSPS) is 26.0. The number of ether oxygens (including phenoxy) is 6. The number of carbonyl (C=O) groups excluding carboxylic acids is 1. The van der Waals surface area contributed by atoms with Gasteiger partial charge in [-0.3, -0.25) is 4.79 Å². The molecule has 2 aliphatic heterocycles. The number of hydrogen-bond acceptors (Lipinski definition) is 14. The number of aliphatic hydroxyl groups is 7. The van der Waals surface area contributed by atoms with Crippen LogP contribution in [0.5, 0.6) is 0 Å². The van der Waals surface area contributed by atoms with E-state index >= 15 is 0 Å². The van der Waals surface area contributed by atoms with Crippen LogP contribution in [0.25, 0.3) is 0 Å². The highest BCUT2D eigenvalue weighted by molar-refractivity contribution is 5.69. The van der Waals surface area contributed by atoms with Crippen LogP contribution in [-0.2, 0) is 33.2 Å². The predicted molar refractivity (Wildman–Crippen MR) is 279 cm³/mol. The second-order valence-electron chi connectivity index (χ2n) is 18.7. The predicted octanol–water partition coefficient (Wildman–Crippen LogP) is 8.85. The summed E-state index contributed by atoms with van der Waals surface area (Å²) in [7, 11) is 0. The zero-order valence-electron chi connectivity index (χ0n) is 43.4. The molecule has 2 saturated heterocycles. The minimum atomic E-state index is -1.72. The quantitative estimate of drug-likeness (QED) is 0.0173. The van der Waals surface area contributed by atoms with E-state index in [0.29, 0.717) is 13.0 Å². The highest BCUT2D eigenvalue weighted by atomic mass is 16.7. The molecule has 0 aromatic heterocycles. The minimum Gasteiger partial charge on any atom is -0.457 e. The van der Waals surface area contributed by atoms with Crippen LogP contribution in [0.4, 0.5) is 0 Å². The Bertz CT molecular complexity index is 1490. The largest absolute Gasteiger partial charge is 0.457 e. The van der Waals surface area contributed by atoms with E-state index in [2.05, 4.69) is 98.9 Å². The van der Waals surface area contributed by atoms with E-state index in [1.165, 1.54) is 38.5 Å². The van der Waals surface area contributed by atoms with Gasteiger partial charge in [-0.2, -0.15) is 0 Å². The summed E-state index contributed by atoms with van der Waals surface area (Å²) in [5.74, 6) is -0.397. The molecule has 71 heavy (non-hydrogen) atoms. The van der Waals surface area contributed by atoms with Gasteiger partial charge in [0.1, 0.15) is 54.9 Å². The summed E-state index contributed by atoms with van der Waals surface area (Å²) in [6.07, 6.45) is 39.2. The molecule has 0 bridgehead atoms. The number of hydrogen-bond donors (Lipinski definition) is 7. The molecular formula is C57H96O14. The molecule has 14 nitrogen and oxygen atoms in total. The van der Waals surface area contributed by atoms with Gasteiger partial charge in [-0.05, 0) is 89.9 Å². The van der Waals surface area contributed by atoms with E-state index in [1.54, 1.807) is 0 Å². The van der Waals surface area contributed by atoms with E-state index < -0.39 is 86.7 Å². The molecule has 408 valence electrons. The van der Waals surface area contributed by atoms with Gasteiger partial charge in [0.2, 0.25) is 0 Å². The molecule has 0 amide bonds. The highest BCUT2D eigenvalue weighted by Gasteiger charge is 2.47. The molecule has 0 spiro atoms. The maximum absolute atomic E-state index is 13.0. The average molecular weight is 1010 g/mol. The van der Waals surface area contributed by atoms with Crippen LogP contribution in [0, 0.1) is 0 Å². The van der Waals surface area contributed by atoms with Crippen molar-refractivity contribution in [2.75, 3.05) is 33.0 Å². The van der Waals surface area contributed by atoms with Crippen molar-refractivity contribution in [1.29, 1.82) is 0 Å².